The van der Waals surface area contributed by atoms with E-state index in [-0.39, 0.29) is 11.6 Å². The third kappa shape index (κ3) is 4.12. The number of nitrogens with one attached hydrogen (secondary N) is 2. The first kappa shape index (κ1) is 17.7. The molecule has 1 aliphatic heterocycles. The average molecular weight is 344 g/mol. The number of amides is 1. The second-order valence-electron chi connectivity index (χ2n) is 6.84. The summed E-state index contributed by atoms with van der Waals surface area (Å²) in [6.45, 7) is 5.96. The Hall–Kier alpha value is -2.08. The fourth-order valence-corrected chi connectivity index (χ4v) is 3.59. The summed E-state index contributed by atoms with van der Waals surface area (Å²) in [6, 6.07) is 7.81. The predicted molar refractivity (Wildman–Crippen MR) is 99.7 cm³/mol. The van der Waals surface area contributed by atoms with Crippen molar-refractivity contribution in [3.63, 3.8) is 0 Å². The SMILES string of the molecule is CCCn1c(=O)n(CCC(=O)NCC2CCCNC2)c2ccccc21. The van der Waals surface area contributed by atoms with E-state index in [0.29, 0.717) is 25.4 Å². The molecule has 136 valence electrons. The average Bonchev–Trinajstić information content (AvgIpc) is 2.91. The van der Waals surface area contributed by atoms with Crippen molar-refractivity contribution >= 4 is 16.9 Å². The van der Waals surface area contributed by atoms with Crippen LogP contribution in [-0.2, 0) is 17.9 Å². The summed E-state index contributed by atoms with van der Waals surface area (Å²) in [7, 11) is 0. The van der Waals surface area contributed by atoms with Crippen LogP contribution in [0.15, 0.2) is 29.1 Å². The van der Waals surface area contributed by atoms with Crippen molar-refractivity contribution in [2.24, 2.45) is 5.92 Å². The van der Waals surface area contributed by atoms with Crippen molar-refractivity contribution in [3.05, 3.63) is 34.7 Å². The topological polar surface area (TPSA) is 68.1 Å². The molecule has 3 rings (SSSR count). The van der Waals surface area contributed by atoms with E-state index in [0.717, 1.165) is 43.5 Å². The van der Waals surface area contributed by atoms with Gasteiger partial charge in [-0.05, 0) is 50.4 Å². The maximum Gasteiger partial charge on any atom is 0.329 e. The zero-order chi connectivity index (χ0) is 17.6. The van der Waals surface area contributed by atoms with E-state index < -0.39 is 0 Å². The Kier molecular flexibility index (Phi) is 5.91. The van der Waals surface area contributed by atoms with Crippen LogP contribution >= 0.6 is 0 Å². The lowest BCUT2D eigenvalue weighted by molar-refractivity contribution is -0.121. The Morgan fingerprint density at radius 3 is 2.60 bits per heavy atom. The standard InChI is InChI=1S/C19H28N4O2/c1-2-11-22-16-7-3-4-8-17(16)23(19(22)25)12-9-18(24)21-14-15-6-5-10-20-13-15/h3-4,7-8,15,20H,2,5-6,9-14H2,1H3,(H,21,24). The lowest BCUT2D eigenvalue weighted by Crippen LogP contribution is -2.38. The first-order valence-electron chi connectivity index (χ1n) is 9.36. The van der Waals surface area contributed by atoms with Gasteiger partial charge in [0, 0.05) is 26.1 Å². The summed E-state index contributed by atoms with van der Waals surface area (Å²) < 4.78 is 3.54. The number of hydrogen-bond donors (Lipinski definition) is 2. The molecule has 0 spiro atoms. The smallest absolute Gasteiger partial charge is 0.329 e. The van der Waals surface area contributed by atoms with Gasteiger partial charge in [0.25, 0.3) is 0 Å². The normalized spacial score (nSPS) is 17.7. The van der Waals surface area contributed by atoms with Crippen LogP contribution in [-0.4, -0.2) is 34.7 Å². The molecule has 0 saturated carbocycles. The van der Waals surface area contributed by atoms with Crippen LogP contribution in [0.25, 0.3) is 11.0 Å². The van der Waals surface area contributed by atoms with Gasteiger partial charge in [0.2, 0.25) is 5.91 Å². The van der Waals surface area contributed by atoms with Crippen molar-refractivity contribution < 1.29 is 4.79 Å². The number of benzene rings is 1. The minimum Gasteiger partial charge on any atom is -0.356 e. The number of carbonyl (C=O) groups excluding carboxylic acids is 1. The number of aryl methyl sites for hydroxylation is 2. The molecule has 2 heterocycles. The molecule has 0 aliphatic carbocycles. The Balaban J connectivity index is 1.63. The number of para-hydroxylation sites is 2. The van der Waals surface area contributed by atoms with Crippen LogP contribution in [0.5, 0.6) is 0 Å². The van der Waals surface area contributed by atoms with Gasteiger partial charge in [-0.15, -0.1) is 0 Å². The van der Waals surface area contributed by atoms with Gasteiger partial charge in [0.05, 0.1) is 11.0 Å². The van der Waals surface area contributed by atoms with E-state index in [1.54, 1.807) is 9.13 Å². The number of aromatic nitrogens is 2. The van der Waals surface area contributed by atoms with Gasteiger partial charge in [-0.1, -0.05) is 19.1 Å². The van der Waals surface area contributed by atoms with E-state index >= 15 is 0 Å². The molecule has 1 amide bonds. The van der Waals surface area contributed by atoms with Gasteiger partial charge in [0.15, 0.2) is 0 Å². The molecule has 1 aliphatic rings. The van der Waals surface area contributed by atoms with E-state index in [1.807, 2.05) is 24.3 Å². The number of imidazole rings is 1. The molecule has 6 nitrogen and oxygen atoms in total. The van der Waals surface area contributed by atoms with E-state index in [4.69, 9.17) is 0 Å². The summed E-state index contributed by atoms with van der Waals surface area (Å²) in [5, 5.41) is 6.38. The first-order chi connectivity index (χ1) is 12.2. The number of rotatable bonds is 7. The summed E-state index contributed by atoms with van der Waals surface area (Å²) in [4.78, 5) is 24.9. The number of hydrogen-bond acceptors (Lipinski definition) is 3. The molecule has 1 saturated heterocycles. The van der Waals surface area contributed by atoms with Gasteiger partial charge in [-0.2, -0.15) is 0 Å². The zero-order valence-corrected chi connectivity index (χ0v) is 15.0. The molecule has 1 fully saturated rings. The van der Waals surface area contributed by atoms with Crippen LogP contribution in [0.1, 0.15) is 32.6 Å². The van der Waals surface area contributed by atoms with Gasteiger partial charge >= 0.3 is 5.69 Å². The molecule has 1 atom stereocenters. The van der Waals surface area contributed by atoms with Crippen molar-refractivity contribution in [2.45, 2.75) is 45.7 Å². The maximum atomic E-state index is 12.7. The van der Waals surface area contributed by atoms with Crippen LogP contribution < -0.4 is 16.3 Å². The van der Waals surface area contributed by atoms with Gasteiger partial charge in [0.1, 0.15) is 0 Å². The van der Waals surface area contributed by atoms with Crippen molar-refractivity contribution in [3.8, 4) is 0 Å². The van der Waals surface area contributed by atoms with Crippen LogP contribution in [0, 0.1) is 5.92 Å². The Labute approximate surface area is 148 Å². The Morgan fingerprint density at radius 1 is 1.24 bits per heavy atom. The quantitative estimate of drug-likeness (QED) is 0.804. The number of carbonyl (C=O) groups is 1. The summed E-state index contributed by atoms with van der Waals surface area (Å²) in [5.41, 5.74) is 1.83. The number of fused-ring (bicyclic) bond motifs is 1. The first-order valence-corrected chi connectivity index (χ1v) is 9.36. The molecule has 1 aromatic heterocycles. The summed E-state index contributed by atoms with van der Waals surface area (Å²) >= 11 is 0. The third-order valence-corrected chi connectivity index (χ3v) is 4.92. The van der Waals surface area contributed by atoms with Crippen LogP contribution in [0.2, 0.25) is 0 Å². The van der Waals surface area contributed by atoms with Crippen LogP contribution in [0.3, 0.4) is 0 Å². The number of nitrogens with zero attached hydrogens (tertiary/aromatic N) is 2. The summed E-state index contributed by atoms with van der Waals surface area (Å²) in [6.07, 6.45) is 3.58. The zero-order valence-electron chi connectivity index (χ0n) is 15.0. The molecule has 0 bridgehead atoms. The lowest BCUT2D eigenvalue weighted by atomic mass is 10.00. The van der Waals surface area contributed by atoms with Gasteiger partial charge < -0.3 is 10.6 Å². The molecule has 25 heavy (non-hydrogen) atoms. The van der Waals surface area contributed by atoms with Gasteiger partial charge in [-0.25, -0.2) is 4.79 Å². The number of piperidine rings is 1. The predicted octanol–water partition coefficient (Wildman–Crippen LogP) is 1.72. The highest BCUT2D eigenvalue weighted by molar-refractivity contribution is 5.78. The highest BCUT2D eigenvalue weighted by Gasteiger charge is 2.15. The van der Waals surface area contributed by atoms with Crippen molar-refractivity contribution in [1.82, 2.24) is 19.8 Å². The second-order valence-corrected chi connectivity index (χ2v) is 6.84. The maximum absolute atomic E-state index is 12.7. The molecular formula is C19H28N4O2. The van der Waals surface area contributed by atoms with E-state index in [9.17, 15) is 9.59 Å². The van der Waals surface area contributed by atoms with Crippen LogP contribution in [0.4, 0.5) is 0 Å². The van der Waals surface area contributed by atoms with Crippen molar-refractivity contribution in [2.75, 3.05) is 19.6 Å². The largest absolute Gasteiger partial charge is 0.356 e. The fourth-order valence-electron chi connectivity index (χ4n) is 3.59. The minimum absolute atomic E-state index is 0.0183. The molecule has 6 heteroatoms. The minimum atomic E-state index is -0.0210. The lowest BCUT2D eigenvalue weighted by Gasteiger charge is -2.22. The summed E-state index contributed by atoms with van der Waals surface area (Å²) in [5.74, 6) is 0.539. The second kappa shape index (κ2) is 8.34. The molecule has 0 radical (unpaired) electrons. The third-order valence-electron chi connectivity index (χ3n) is 4.92. The molecule has 1 aromatic carbocycles. The Bertz CT molecular complexity index is 771. The monoisotopic (exact) mass is 344 g/mol. The van der Waals surface area contributed by atoms with E-state index in [1.165, 1.54) is 6.42 Å². The molecular weight excluding hydrogens is 316 g/mol. The highest BCUT2D eigenvalue weighted by Crippen LogP contribution is 2.13. The van der Waals surface area contributed by atoms with Gasteiger partial charge in [-0.3, -0.25) is 13.9 Å². The molecule has 1 unspecified atom stereocenters. The van der Waals surface area contributed by atoms with E-state index in [2.05, 4.69) is 17.6 Å². The molecule has 2 aromatic rings. The van der Waals surface area contributed by atoms with Crippen molar-refractivity contribution in [1.29, 1.82) is 0 Å². The highest BCUT2D eigenvalue weighted by atomic mass is 16.2. The fraction of sp³-hybridized carbons (Fsp3) is 0.579. The molecule has 2 N–H and O–H groups in total. The Morgan fingerprint density at radius 2 is 1.96 bits per heavy atom.